The second-order valence-electron chi connectivity index (χ2n) is 8.45. The molecule has 0 unspecified atom stereocenters. The molecule has 0 radical (unpaired) electrons. The Morgan fingerprint density at radius 3 is 2.67 bits per heavy atom. The number of thioether (sulfide) groups is 1. The summed E-state index contributed by atoms with van der Waals surface area (Å²) in [5, 5.41) is 9.71. The lowest BCUT2D eigenvalue weighted by molar-refractivity contribution is 0.0991. The molecule has 2 aromatic carbocycles. The third-order valence-corrected chi connectivity index (χ3v) is 9.27. The Morgan fingerprint density at radius 2 is 1.91 bits per heavy atom. The van der Waals surface area contributed by atoms with E-state index in [1.54, 1.807) is 6.20 Å². The number of Topliss-reactive ketones (excluding diaryl/α,β-unsaturated/α-hetero) is 1. The molecular formula is C24H24N4O3S2. The summed E-state index contributed by atoms with van der Waals surface area (Å²) in [6, 6.07) is 17.4. The van der Waals surface area contributed by atoms with Crippen LogP contribution in [0.15, 0.2) is 66.0 Å². The zero-order valence-electron chi connectivity index (χ0n) is 18.1. The molecule has 170 valence electrons. The van der Waals surface area contributed by atoms with Crippen LogP contribution in [0.25, 0.3) is 10.9 Å². The van der Waals surface area contributed by atoms with E-state index < -0.39 is 15.1 Å². The lowest BCUT2D eigenvalue weighted by Crippen LogP contribution is -2.12. The average Bonchev–Trinajstić information content (AvgIpc) is 3.50. The number of H-pyrrole nitrogens is 1. The van der Waals surface area contributed by atoms with Gasteiger partial charge in [-0.1, -0.05) is 60.3 Å². The number of rotatable bonds is 7. The highest BCUT2D eigenvalue weighted by atomic mass is 32.2. The third kappa shape index (κ3) is 4.47. The van der Waals surface area contributed by atoms with Crippen molar-refractivity contribution in [2.24, 2.45) is 13.0 Å². The van der Waals surface area contributed by atoms with E-state index in [0.29, 0.717) is 23.6 Å². The molecule has 2 aromatic heterocycles. The number of carbonyl (C=O) groups excluding carboxylic acids is 1. The summed E-state index contributed by atoms with van der Waals surface area (Å²) >= 11 is 1.37. The molecule has 0 aliphatic carbocycles. The van der Waals surface area contributed by atoms with Gasteiger partial charge in [0.15, 0.2) is 20.8 Å². The molecule has 0 bridgehead atoms. The fourth-order valence-corrected chi connectivity index (χ4v) is 7.29. The van der Waals surface area contributed by atoms with Crippen molar-refractivity contribution < 1.29 is 13.2 Å². The van der Waals surface area contributed by atoms with E-state index in [-0.39, 0.29) is 23.2 Å². The SMILES string of the molecule is Cn1c(C[C@H]2CCS(=O)(=O)C2)nnc1S[C@H](C(=O)c1c[nH]c2ccccc12)c1ccccc1. The molecule has 1 N–H and O–H groups in total. The Balaban J connectivity index is 1.44. The standard InChI is InChI=1S/C24H24N4O3S2/c1-28-21(13-16-11-12-33(30,31)15-16)26-27-24(28)32-23(17-7-3-2-4-8-17)22(29)19-14-25-20-10-6-5-9-18(19)20/h2-10,14,16,23,25H,11-13,15H2,1H3/t16-,23+/m1/s1. The van der Waals surface area contributed by atoms with Gasteiger partial charge in [-0.3, -0.25) is 4.79 Å². The molecule has 3 heterocycles. The summed E-state index contributed by atoms with van der Waals surface area (Å²) in [7, 11) is -1.07. The van der Waals surface area contributed by atoms with Gasteiger partial charge in [-0.25, -0.2) is 8.42 Å². The molecule has 2 atom stereocenters. The van der Waals surface area contributed by atoms with Crippen molar-refractivity contribution in [1.82, 2.24) is 19.7 Å². The summed E-state index contributed by atoms with van der Waals surface area (Å²) in [6.07, 6.45) is 2.99. The Labute approximate surface area is 196 Å². The molecule has 5 rings (SSSR count). The molecule has 9 heteroatoms. The van der Waals surface area contributed by atoms with Crippen molar-refractivity contribution >= 4 is 38.3 Å². The van der Waals surface area contributed by atoms with E-state index in [1.165, 1.54) is 11.8 Å². The van der Waals surface area contributed by atoms with E-state index in [2.05, 4.69) is 15.2 Å². The van der Waals surface area contributed by atoms with Gasteiger partial charge in [0.1, 0.15) is 11.1 Å². The van der Waals surface area contributed by atoms with Gasteiger partial charge in [-0.2, -0.15) is 0 Å². The van der Waals surface area contributed by atoms with Crippen LogP contribution in [0, 0.1) is 5.92 Å². The number of sulfone groups is 1. The highest BCUT2D eigenvalue weighted by Crippen LogP contribution is 2.38. The van der Waals surface area contributed by atoms with E-state index in [0.717, 1.165) is 22.3 Å². The van der Waals surface area contributed by atoms with Crippen molar-refractivity contribution in [3.05, 3.63) is 77.7 Å². The van der Waals surface area contributed by atoms with Crippen LogP contribution in [-0.2, 0) is 23.3 Å². The molecule has 33 heavy (non-hydrogen) atoms. The Morgan fingerprint density at radius 1 is 1.15 bits per heavy atom. The first-order valence-electron chi connectivity index (χ1n) is 10.8. The van der Waals surface area contributed by atoms with Gasteiger partial charge in [0, 0.05) is 36.1 Å². The highest BCUT2D eigenvalue weighted by Gasteiger charge is 2.31. The zero-order valence-corrected chi connectivity index (χ0v) is 19.8. The number of nitrogens with zero attached hydrogens (tertiary/aromatic N) is 3. The second-order valence-corrected chi connectivity index (χ2v) is 11.8. The maximum Gasteiger partial charge on any atom is 0.191 e. The minimum absolute atomic E-state index is 0.00455. The highest BCUT2D eigenvalue weighted by molar-refractivity contribution is 8.00. The monoisotopic (exact) mass is 480 g/mol. The number of hydrogen-bond acceptors (Lipinski definition) is 6. The molecule has 1 saturated heterocycles. The van der Waals surface area contributed by atoms with Crippen LogP contribution < -0.4 is 0 Å². The molecule has 4 aromatic rings. The number of aromatic nitrogens is 4. The van der Waals surface area contributed by atoms with Gasteiger partial charge in [-0.15, -0.1) is 10.2 Å². The van der Waals surface area contributed by atoms with Gasteiger partial charge in [-0.05, 0) is 24.0 Å². The number of benzene rings is 2. The smallest absolute Gasteiger partial charge is 0.191 e. The molecule has 0 spiro atoms. The maximum atomic E-state index is 13.7. The van der Waals surface area contributed by atoms with Crippen LogP contribution in [0.5, 0.6) is 0 Å². The van der Waals surface area contributed by atoms with Gasteiger partial charge in [0.05, 0.1) is 11.5 Å². The van der Waals surface area contributed by atoms with Crippen molar-refractivity contribution in [2.75, 3.05) is 11.5 Å². The van der Waals surface area contributed by atoms with Gasteiger partial charge in [0.25, 0.3) is 0 Å². The van der Waals surface area contributed by atoms with Crippen molar-refractivity contribution in [3.8, 4) is 0 Å². The number of ketones is 1. The van der Waals surface area contributed by atoms with Crippen LogP contribution in [0.1, 0.15) is 33.4 Å². The van der Waals surface area contributed by atoms with Gasteiger partial charge >= 0.3 is 0 Å². The van der Waals surface area contributed by atoms with Crippen molar-refractivity contribution in [1.29, 1.82) is 0 Å². The van der Waals surface area contributed by atoms with Gasteiger partial charge < -0.3 is 9.55 Å². The number of aromatic amines is 1. The average molecular weight is 481 g/mol. The lowest BCUT2D eigenvalue weighted by atomic mass is 10.0. The van der Waals surface area contributed by atoms with Crippen LogP contribution in [0.4, 0.5) is 0 Å². The minimum Gasteiger partial charge on any atom is -0.360 e. The summed E-state index contributed by atoms with van der Waals surface area (Å²) in [5.74, 6) is 1.25. The normalized spacial score (nSPS) is 18.5. The largest absolute Gasteiger partial charge is 0.360 e. The first-order chi connectivity index (χ1) is 15.9. The van der Waals surface area contributed by atoms with Crippen LogP contribution in [-0.4, -0.2) is 45.5 Å². The number of fused-ring (bicyclic) bond motifs is 1. The van der Waals surface area contributed by atoms with Crippen LogP contribution >= 0.6 is 11.8 Å². The molecule has 7 nitrogen and oxygen atoms in total. The number of para-hydroxylation sites is 1. The number of carbonyl (C=O) groups is 1. The molecule has 0 saturated carbocycles. The summed E-state index contributed by atoms with van der Waals surface area (Å²) in [5.41, 5.74) is 2.46. The Hall–Kier alpha value is -2.91. The van der Waals surface area contributed by atoms with E-state index in [9.17, 15) is 13.2 Å². The quantitative estimate of drug-likeness (QED) is 0.317. The summed E-state index contributed by atoms with van der Waals surface area (Å²) in [4.78, 5) is 16.9. The molecule has 1 fully saturated rings. The van der Waals surface area contributed by atoms with Crippen LogP contribution in [0.2, 0.25) is 0 Å². The molecule has 1 aliphatic heterocycles. The number of nitrogens with one attached hydrogen (secondary N) is 1. The predicted octanol–water partition coefficient (Wildman–Crippen LogP) is 3.99. The molecular weight excluding hydrogens is 456 g/mol. The topological polar surface area (TPSA) is 97.7 Å². The Kier molecular flexibility index (Phi) is 5.84. The predicted molar refractivity (Wildman–Crippen MR) is 129 cm³/mol. The van der Waals surface area contributed by atoms with Gasteiger partial charge in [0.2, 0.25) is 0 Å². The third-order valence-electron chi connectivity index (χ3n) is 6.14. The lowest BCUT2D eigenvalue weighted by Gasteiger charge is -2.15. The van der Waals surface area contributed by atoms with Crippen molar-refractivity contribution in [2.45, 2.75) is 23.2 Å². The minimum atomic E-state index is -2.94. The second kappa shape index (κ2) is 8.79. The number of hydrogen-bond donors (Lipinski definition) is 1. The maximum absolute atomic E-state index is 13.7. The van der Waals surface area contributed by atoms with Crippen LogP contribution in [0.3, 0.4) is 0 Å². The fourth-order valence-electron chi connectivity index (χ4n) is 4.34. The summed E-state index contributed by atoms with van der Waals surface area (Å²) < 4.78 is 25.5. The van der Waals surface area contributed by atoms with Crippen molar-refractivity contribution in [3.63, 3.8) is 0 Å². The van der Waals surface area contributed by atoms with E-state index in [1.807, 2.05) is 66.2 Å². The fraction of sp³-hybridized carbons (Fsp3) is 0.292. The zero-order chi connectivity index (χ0) is 23.0. The van der Waals surface area contributed by atoms with E-state index >= 15 is 0 Å². The summed E-state index contributed by atoms with van der Waals surface area (Å²) in [6.45, 7) is 0. The molecule has 1 aliphatic rings. The molecule has 0 amide bonds. The Bertz CT molecular complexity index is 1410. The first-order valence-corrected chi connectivity index (χ1v) is 13.5. The first kappa shape index (κ1) is 21.9. The van der Waals surface area contributed by atoms with E-state index in [4.69, 9.17) is 0 Å².